The Balaban J connectivity index is 2.12. The number of aliphatic carboxylic acids is 1. The first kappa shape index (κ1) is 12.5. The number of thioether (sulfide) groups is 1. The van der Waals surface area contributed by atoms with Gasteiger partial charge in [-0.3, -0.25) is 4.79 Å². The number of amides is 1. The van der Waals surface area contributed by atoms with Crippen molar-refractivity contribution in [3.05, 3.63) is 11.1 Å². The third-order valence-electron chi connectivity index (χ3n) is 3.55. The Bertz CT molecular complexity index is 383. The van der Waals surface area contributed by atoms with E-state index in [1.54, 1.807) is 11.8 Å². The van der Waals surface area contributed by atoms with Gasteiger partial charge in [-0.15, -0.1) is 0 Å². The lowest BCUT2D eigenvalue weighted by molar-refractivity contribution is -0.145. The van der Waals surface area contributed by atoms with Crippen LogP contribution in [-0.2, 0) is 9.59 Å². The summed E-state index contributed by atoms with van der Waals surface area (Å²) in [5.74, 6) is 0.183. The number of carbonyl (C=O) groups excluding carboxylic acids is 1. The monoisotopic (exact) mass is 255 g/mol. The van der Waals surface area contributed by atoms with E-state index < -0.39 is 11.5 Å². The third kappa shape index (κ3) is 2.34. The van der Waals surface area contributed by atoms with E-state index >= 15 is 0 Å². The molecule has 0 saturated carbocycles. The van der Waals surface area contributed by atoms with Crippen molar-refractivity contribution in [2.45, 2.75) is 38.1 Å². The van der Waals surface area contributed by atoms with Gasteiger partial charge in [-0.25, -0.2) is 4.79 Å². The highest BCUT2D eigenvalue weighted by molar-refractivity contribution is 7.99. The molecule has 2 aliphatic rings. The first-order valence-electron chi connectivity index (χ1n) is 5.87. The fourth-order valence-corrected chi connectivity index (χ4v) is 3.71. The number of rotatable bonds is 3. The molecule has 2 rings (SSSR count). The molecule has 0 bridgehead atoms. The van der Waals surface area contributed by atoms with Crippen LogP contribution in [0.3, 0.4) is 0 Å². The zero-order valence-electron chi connectivity index (χ0n) is 9.91. The molecule has 4 nitrogen and oxygen atoms in total. The van der Waals surface area contributed by atoms with Gasteiger partial charge in [0.05, 0.1) is 0 Å². The standard InChI is InChI=1S/C12H17NO3S/c1-8-3-2-4-9(8)10(14)13-12(11(15)16)5-6-17-7-12/h2-7H2,1H3,(H,13,14)(H,15,16). The fourth-order valence-electron chi connectivity index (χ4n) is 2.38. The van der Waals surface area contributed by atoms with Gasteiger partial charge in [-0.05, 0) is 38.4 Å². The predicted octanol–water partition coefficient (Wildman–Crippen LogP) is 1.56. The summed E-state index contributed by atoms with van der Waals surface area (Å²) in [6.45, 7) is 1.96. The molecule has 0 radical (unpaired) electrons. The van der Waals surface area contributed by atoms with E-state index in [2.05, 4.69) is 5.32 Å². The fraction of sp³-hybridized carbons (Fsp3) is 0.667. The lowest BCUT2D eigenvalue weighted by atomic mass is 9.98. The zero-order chi connectivity index (χ0) is 12.5. The van der Waals surface area contributed by atoms with Crippen LogP contribution in [0.25, 0.3) is 0 Å². The van der Waals surface area contributed by atoms with Gasteiger partial charge in [-0.1, -0.05) is 5.57 Å². The molecule has 0 spiro atoms. The first-order chi connectivity index (χ1) is 8.05. The number of allylic oxidation sites excluding steroid dienone is 1. The minimum Gasteiger partial charge on any atom is -0.479 e. The molecule has 0 aromatic carbocycles. The Kier molecular flexibility index (Phi) is 3.47. The van der Waals surface area contributed by atoms with Crippen LogP contribution in [-0.4, -0.2) is 34.0 Å². The summed E-state index contributed by atoms with van der Waals surface area (Å²) in [5, 5.41) is 12.0. The minimum atomic E-state index is -1.04. The van der Waals surface area contributed by atoms with Gasteiger partial charge in [0, 0.05) is 11.3 Å². The number of hydrogen-bond donors (Lipinski definition) is 2. The largest absolute Gasteiger partial charge is 0.479 e. The Morgan fingerprint density at radius 2 is 2.18 bits per heavy atom. The van der Waals surface area contributed by atoms with Crippen LogP contribution in [0.15, 0.2) is 11.1 Å². The van der Waals surface area contributed by atoms with E-state index in [0.717, 1.165) is 36.2 Å². The van der Waals surface area contributed by atoms with Crippen molar-refractivity contribution in [1.29, 1.82) is 0 Å². The second kappa shape index (κ2) is 4.72. The van der Waals surface area contributed by atoms with Crippen LogP contribution in [0.5, 0.6) is 0 Å². The van der Waals surface area contributed by atoms with Crippen molar-refractivity contribution >= 4 is 23.6 Å². The predicted molar refractivity (Wildman–Crippen MR) is 67.0 cm³/mol. The first-order valence-corrected chi connectivity index (χ1v) is 7.03. The minimum absolute atomic E-state index is 0.176. The molecule has 0 aromatic rings. The van der Waals surface area contributed by atoms with Gasteiger partial charge in [0.1, 0.15) is 5.54 Å². The molecule has 2 N–H and O–H groups in total. The molecule has 17 heavy (non-hydrogen) atoms. The molecule has 1 unspecified atom stereocenters. The van der Waals surface area contributed by atoms with Gasteiger partial charge < -0.3 is 10.4 Å². The van der Waals surface area contributed by atoms with Crippen molar-refractivity contribution in [2.75, 3.05) is 11.5 Å². The summed E-state index contributed by atoms with van der Waals surface area (Å²) in [6, 6.07) is 0. The van der Waals surface area contributed by atoms with Crippen LogP contribution < -0.4 is 5.32 Å². The summed E-state index contributed by atoms with van der Waals surface area (Å²) in [7, 11) is 0. The van der Waals surface area contributed by atoms with Crippen LogP contribution in [0.2, 0.25) is 0 Å². The van der Waals surface area contributed by atoms with Crippen molar-refractivity contribution < 1.29 is 14.7 Å². The highest BCUT2D eigenvalue weighted by Gasteiger charge is 2.43. The molecule has 5 heteroatoms. The Labute approximate surface area is 105 Å². The van der Waals surface area contributed by atoms with Crippen molar-refractivity contribution in [2.24, 2.45) is 0 Å². The van der Waals surface area contributed by atoms with Crippen LogP contribution in [0.1, 0.15) is 32.6 Å². The van der Waals surface area contributed by atoms with Crippen molar-refractivity contribution in [3.63, 3.8) is 0 Å². The molecular weight excluding hydrogens is 238 g/mol. The Morgan fingerprint density at radius 3 is 2.65 bits per heavy atom. The molecular formula is C12H17NO3S. The smallest absolute Gasteiger partial charge is 0.330 e. The summed E-state index contributed by atoms with van der Waals surface area (Å²) < 4.78 is 0. The number of nitrogens with one attached hydrogen (secondary N) is 1. The number of carboxylic acid groups (broad SMARTS) is 1. The third-order valence-corrected chi connectivity index (χ3v) is 4.74. The highest BCUT2D eigenvalue weighted by Crippen LogP contribution is 2.30. The maximum atomic E-state index is 12.1. The van der Waals surface area contributed by atoms with E-state index in [9.17, 15) is 14.7 Å². The topological polar surface area (TPSA) is 66.4 Å². The van der Waals surface area contributed by atoms with E-state index in [0.29, 0.717) is 12.2 Å². The van der Waals surface area contributed by atoms with Crippen LogP contribution >= 0.6 is 11.8 Å². The van der Waals surface area contributed by atoms with Crippen LogP contribution in [0, 0.1) is 0 Å². The molecule has 1 aliphatic heterocycles. The van der Waals surface area contributed by atoms with Gasteiger partial charge in [0.2, 0.25) is 5.91 Å². The van der Waals surface area contributed by atoms with E-state index in [1.165, 1.54) is 0 Å². The van der Waals surface area contributed by atoms with Gasteiger partial charge in [-0.2, -0.15) is 11.8 Å². The lowest BCUT2D eigenvalue weighted by Crippen LogP contribution is -2.55. The molecule has 1 saturated heterocycles. The normalized spacial score (nSPS) is 28.5. The summed E-state index contributed by atoms with van der Waals surface area (Å²) >= 11 is 1.58. The van der Waals surface area contributed by atoms with Gasteiger partial charge in [0.25, 0.3) is 0 Å². The summed E-state index contributed by atoms with van der Waals surface area (Å²) in [6.07, 6.45) is 3.26. The molecule has 1 amide bonds. The van der Waals surface area contributed by atoms with Crippen molar-refractivity contribution in [3.8, 4) is 0 Å². The van der Waals surface area contributed by atoms with Crippen molar-refractivity contribution in [1.82, 2.24) is 5.32 Å². The number of hydrogen-bond acceptors (Lipinski definition) is 3. The van der Waals surface area contributed by atoms with E-state index in [1.807, 2.05) is 6.92 Å². The zero-order valence-corrected chi connectivity index (χ0v) is 10.7. The SMILES string of the molecule is CC1=C(C(=O)NC2(C(=O)O)CCSC2)CCC1. The Hall–Kier alpha value is -0.970. The average Bonchev–Trinajstić information content (AvgIpc) is 2.87. The van der Waals surface area contributed by atoms with E-state index in [-0.39, 0.29) is 5.91 Å². The van der Waals surface area contributed by atoms with Gasteiger partial charge in [0.15, 0.2) is 0 Å². The van der Waals surface area contributed by atoms with Crippen LogP contribution in [0.4, 0.5) is 0 Å². The van der Waals surface area contributed by atoms with Gasteiger partial charge >= 0.3 is 5.97 Å². The quantitative estimate of drug-likeness (QED) is 0.803. The Morgan fingerprint density at radius 1 is 1.41 bits per heavy atom. The molecule has 0 aromatic heterocycles. The maximum Gasteiger partial charge on any atom is 0.330 e. The number of carboxylic acids is 1. The maximum absolute atomic E-state index is 12.1. The summed E-state index contributed by atoms with van der Waals surface area (Å²) in [4.78, 5) is 23.4. The second-order valence-corrected chi connectivity index (χ2v) is 5.86. The summed E-state index contributed by atoms with van der Waals surface area (Å²) in [5.41, 5.74) is 0.855. The highest BCUT2D eigenvalue weighted by atomic mass is 32.2. The lowest BCUT2D eigenvalue weighted by Gasteiger charge is -2.25. The molecule has 1 atom stereocenters. The van der Waals surface area contributed by atoms with E-state index in [4.69, 9.17) is 0 Å². The molecule has 94 valence electrons. The second-order valence-electron chi connectivity index (χ2n) is 4.76. The molecule has 1 fully saturated rings. The molecule has 1 heterocycles. The number of carbonyl (C=O) groups is 2. The average molecular weight is 255 g/mol. The molecule has 1 aliphatic carbocycles.